The molecule has 1 aliphatic heterocycles. The number of hydrogen-bond donors (Lipinski definition) is 1. The van der Waals surface area contributed by atoms with Gasteiger partial charge in [0.2, 0.25) is 0 Å². The maximum absolute atomic E-state index is 12.6. The van der Waals surface area contributed by atoms with Gasteiger partial charge in [0, 0.05) is 11.1 Å². The minimum absolute atomic E-state index is 0.00307. The van der Waals surface area contributed by atoms with Crippen LogP contribution in [-0.2, 0) is 9.59 Å². The van der Waals surface area contributed by atoms with Crippen LogP contribution in [0, 0.1) is 0 Å². The molecule has 1 fully saturated rings. The lowest BCUT2D eigenvalue weighted by Crippen LogP contribution is -2.35. The van der Waals surface area contributed by atoms with Gasteiger partial charge in [-0.2, -0.15) is 0 Å². The summed E-state index contributed by atoms with van der Waals surface area (Å²) in [5.74, 6) is 0.0227. The van der Waals surface area contributed by atoms with Crippen LogP contribution in [0.4, 0.5) is 5.69 Å². The zero-order valence-electron chi connectivity index (χ0n) is 15.0. The zero-order valence-corrected chi connectivity index (χ0v) is 15.0. The molecule has 2 amide bonds. The van der Waals surface area contributed by atoms with E-state index >= 15 is 0 Å². The fourth-order valence-electron chi connectivity index (χ4n) is 2.91. The number of carbonyl (C=O) groups is 3. The molecular weight excluding hydrogens is 356 g/mol. The van der Waals surface area contributed by atoms with E-state index in [0.717, 1.165) is 5.56 Å². The lowest BCUT2D eigenvalue weighted by Gasteiger charge is -2.13. The van der Waals surface area contributed by atoms with Crippen LogP contribution in [0.5, 0.6) is 0 Å². The second kappa shape index (κ2) is 7.00. The van der Waals surface area contributed by atoms with E-state index in [-0.39, 0.29) is 11.4 Å². The Hall–Kier alpha value is -3.93. The smallest absolute Gasteiger partial charge is 0.282 e. The number of hydrazine groups is 1. The molecule has 2 aromatic carbocycles. The summed E-state index contributed by atoms with van der Waals surface area (Å²) < 4.78 is 5.76. The average Bonchev–Trinajstić information content (AvgIpc) is 3.29. The van der Waals surface area contributed by atoms with Gasteiger partial charge < -0.3 is 4.42 Å². The highest BCUT2D eigenvalue weighted by Crippen LogP contribution is 2.26. The number of anilines is 1. The maximum Gasteiger partial charge on any atom is 0.282 e. The van der Waals surface area contributed by atoms with Crippen LogP contribution in [0.1, 0.15) is 23.0 Å². The van der Waals surface area contributed by atoms with E-state index in [1.807, 2.05) is 6.07 Å². The normalized spacial score (nSPS) is 15.2. The maximum atomic E-state index is 12.6. The van der Waals surface area contributed by atoms with Gasteiger partial charge in [-0.3, -0.25) is 19.8 Å². The number of benzene rings is 2. The molecule has 0 spiro atoms. The Morgan fingerprint density at radius 3 is 2.36 bits per heavy atom. The minimum Gasteiger partial charge on any atom is -0.457 e. The molecule has 0 unspecified atom stereocenters. The molecule has 0 saturated carbocycles. The van der Waals surface area contributed by atoms with Crippen LogP contribution in [0.15, 0.2) is 76.7 Å². The SMILES string of the molecule is CC(=O)c1ccc(-c2ccc(/C=C3\C(=O)NN(c4ccccc4)C3=O)o2)cc1. The third-order valence-corrected chi connectivity index (χ3v) is 4.40. The van der Waals surface area contributed by atoms with Crippen molar-refractivity contribution < 1.29 is 18.8 Å². The van der Waals surface area contributed by atoms with Gasteiger partial charge in [-0.1, -0.05) is 42.5 Å². The van der Waals surface area contributed by atoms with Crippen molar-refractivity contribution >= 4 is 29.4 Å². The van der Waals surface area contributed by atoms with Crippen molar-refractivity contribution in [3.63, 3.8) is 0 Å². The number of nitrogens with one attached hydrogen (secondary N) is 1. The summed E-state index contributed by atoms with van der Waals surface area (Å²) in [5.41, 5.74) is 4.54. The zero-order chi connectivity index (χ0) is 19.7. The molecule has 0 atom stereocenters. The van der Waals surface area contributed by atoms with E-state index in [2.05, 4.69) is 5.43 Å². The number of amides is 2. The van der Waals surface area contributed by atoms with Gasteiger partial charge in [0.15, 0.2) is 5.78 Å². The highest BCUT2D eigenvalue weighted by Gasteiger charge is 2.34. The number of para-hydroxylation sites is 1. The summed E-state index contributed by atoms with van der Waals surface area (Å²) in [7, 11) is 0. The van der Waals surface area contributed by atoms with E-state index in [9.17, 15) is 14.4 Å². The second-order valence-corrected chi connectivity index (χ2v) is 6.31. The van der Waals surface area contributed by atoms with Crippen molar-refractivity contribution in [3.8, 4) is 11.3 Å². The Kier molecular flexibility index (Phi) is 4.37. The number of nitrogens with zero attached hydrogens (tertiary/aromatic N) is 1. The largest absolute Gasteiger partial charge is 0.457 e. The summed E-state index contributed by atoms with van der Waals surface area (Å²) in [6.07, 6.45) is 1.42. The molecule has 3 aromatic rings. The van der Waals surface area contributed by atoms with Crippen molar-refractivity contribution in [1.29, 1.82) is 0 Å². The van der Waals surface area contributed by atoms with Crippen LogP contribution in [0.25, 0.3) is 17.4 Å². The van der Waals surface area contributed by atoms with Crippen molar-refractivity contribution in [3.05, 3.63) is 83.6 Å². The third-order valence-electron chi connectivity index (χ3n) is 4.40. The standard InChI is InChI=1S/C22H16N2O4/c1-14(25)15-7-9-16(10-8-15)20-12-11-18(28-20)13-19-21(26)23-24(22(19)27)17-5-3-2-4-6-17/h2-13H,1H3,(H,23,26)/b19-13+. The first-order valence-electron chi connectivity index (χ1n) is 8.66. The minimum atomic E-state index is -0.488. The van der Waals surface area contributed by atoms with Gasteiger partial charge in [0.05, 0.1) is 5.69 Å². The average molecular weight is 372 g/mol. The first-order valence-corrected chi connectivity index (χ1v) is 8.66. The fraction of sp³-hybridized carbons (Fsp3) is 0.0455. The number of carbonyl (C=O) groups excluding carboxylic acids is 3. The topological polar surface area (TPSA) is 79.6 Å². The molecule has 0 radical (unpaired) electrons. The van der Waals surface area contributed by atoms with Gasteiger partial charge in [-0.15, -0.1) is 0 Å². The summed E-state index contributed by atoms with van der Waals surface area (Å²) in [4.78, 5) is 36.2. The van der Waals surface area contributed by atoms with Crippen LogP contribution < -0.4 is 10.4 Å². The van der Waals surface area contributed by atoms with E-state index in [4.69, 9.17) is 4.42 Å². The highest BCUT2D eigenvalue weighted by molar-refractivity contribution is 6.31. The summed E-state index contributed by atoms with van der Waals surface area (Å²) >= 11 is 0. The summed E-state index contributed by atoms with van der Waals surface area (Å²) in [5, 5.41) is 1.21. The van der Waals surface area contributed by atoms with Gasteiger partial charge in [-0.05, 0) is 37.3 Å². The molecule has 2 heterocycles. The highest BCUT2D eigenvalue weighted by atomic mass is 16.3. The van der Waals surface area contributed by atoms with E-state index in [0.29, 0.717) is 22.8 Å². The molecule has 0 bridgehead atoms. The van der Waals surface area contributed by atoms with Crippen LogP contribution in [-0.4, -0.2) is 17.6 Å². The number of Topliss-reactive ketones (excluding diaryl/α,β-unsaturated/α-hetero) is 1. The summed E-state index contributed by atoms with van der Waals surface area (Å²) in [6, 6.07) is 19.3. The number of rotatable bonds is 4. The Bertz CT molecular complexity index is 1100. The monoisotopic (exact) mass is 372 g/mol. The molecular formula is C22H16N2O4. The number of furan rings is 1. The van der Waals surface area contributed by atoms with Crippen molar-refractivity contribution in [2.75, 3.05) is 5.01 Å². The molecule has 1 saturated heterocycles. The van der Waals surface area contributed by atoms with Crippen molar-refractivity contribution in [1.82, 2.24) is 5.43 Å². The van der Waals surface area contributed by atoms with Gasteiger partial charge in [-0.25, -0.2) is 5.01 Å². The van der Waals surface area contributed by atoms with E-state index in [1.165, 1.54) is 18.0 Å². The molecule has 138 valence electrons. The molecule has 28 heavy (non-hydrogen) atoms. The Morgan fingerprint density at radius 1 is 0.964 bits per heavy atom. The van der Waals surface area contributed by atoms with Crippen LogP contribution in [0.2, 0.25) is 0 Å². The van der Waals surface area contributed by atoms with Crippen LogP contribution in [0.3, 0.4) is 0 Å². The molecule has 6 nitrogen and oxygen atoms in total. The van der Waals surface area contributed by atoms with Crippen molar-refractivity contribution in [2.45, 2.75) is 6.92 Å². The number of ketones is 1. The van der Waals surface area contributed by atoms with Crippen LogP contribution >= 0.6 is 0 Å². The lowest BCUT2D eigenvalue weighted by molar-refractivity contribution is -0.117. The molecule has 0 aliphatic carbocycles. The molecule has 6 heteroatoms. The first kappa shape index (κ1) is 17.5. The van der Waals surface area contributed by atoms with Gasteiger partial charge in [0.25, 0.3) is 11.8 Å². The Morgan fingerprint density at radius 2 is 1.68 bits per heavy atom. The predicted octanol–water partition coefficient (Wildman–Crippen LogP) is 3.61. The fourth-order valence-corrected chi connectivity index (χ4v) is 2.91. The molecule has 4 rings (SSSR count). The summed E-state index contributed by atoms with van der Waals surface area (Å²) in [6.45, 7) is 1.51. The molecule has 1 N–H and O–H groups in total. The quantitative estimate of drug-likeness (QED) is 0.431. The first-order chi connectivity index (χ1) is 13.5. The number of hydrogen-bond acceptors (Lipinski definition) is 4. The predicted molar refractivity (Wildman–Crippen MR) is 104 cm³/mol. The Labute approximate surface area is 161 Å². The lowest BCUT2D eigenvalue weighted by atomic mass is 10.1. The Balaban J connectivity index is 1.59. The van der Waals surface area contributed by atoms with Gasteiger partial charge >= 0.3 is 0 Å². The van der Waals surface area contributed by atoms with E-state index in [1.54, 1.807) is 60.7 Å². The van der Waals surface area contributed by atoms with E-state index < -0.39 is 11.8 Å². The third kappa shape index (κ3) is 3.23. The van der Waals surface area contributed by atoms with Crippen molar-refractivity contribution in [2.24, 2.45) is 0 Å². The molecule has 1 aliphatic rings. The van der Waals surface area contributed by atoms with Gasteiger partial charge in [0.1, 0.15) is 17.1 Å². The second-order valence-electron chi connectivity index (χ2n) is 6.31. The molecule has 1 aromatic heterocycles.